The number of rotatable bonds is 3. The molecule has 0 saturated heterocycles. The van der Waals surface area contributed by atoms with Crippen LogP contribution < -0.4 is 0 Å². The molecule has 0 saturated carbocycles. The highest BCUT2D eigenvalue weighted by atomic mass is 35.5. The van der Waals surface area contributed by atoms with Gasteiger partial charge in [0.25, 0.3) is 6.43 Å². The van der Waals surface area contributed by atoms with Crippen molar-refractivity contribution in [1.29, 1.82) is 0 Å². The Morgan fingerprint density at radius 3 is 2.81 bits per heavy atom. The number of alkyl halides is 2. The minimum Gasteiger partial charge on any atom is -0.227 e. The van der Waals surface area contributed by atoms with Crippen molar-refractivity contribution in [3.05, 3.63) is 28.7 Å². The van der Waals surface area contributed by atoms with E-state index in [2.05, 4.69) is 10.1 Å². The number of aromatic nitrogens is 3. The number of hydrogen-bond acceptors (Lipinski definition) is 2. The summed E-state index contributed by atoms with van der Waals surface area (Å²) in [6.45, 7) is 2.02. The standard InChI is InChI=1S/C10H10ClF2N3/c1-2-3-6-4-9-14-7(10(12)13)5-8(11)16(9)15-6/h4-5,10H,2-3H2,1H3. The van der Waals surface area contributed by atoms with E-state index in [1.54, 1.807) is 6.07 Å². The molecule has 6 heteroatoms. The van der Waals surface area contributed by atoms with Crippen molar-refractivity contribution in [3.8, 4) is 0 Å². The highest BCUT2D eigenvalue weighted by Crippen LogP contribution is 2.22. The van der Waals surface area contributed by atoms with Gasteiger partial charge in [0.05, 0.1) is 5.69 Å². The molecule has 0 radical (unpaired) electrons. The van der Waals surface area contributed by atoms with Gasteiger partial charge in [0, 0.05) is 12.1 Å². The van der Waals surface area contributed by atoms with Crippen molar-refractivity contribution in [1.82, 2.24) is 14.6 Å². The summed E-state index contributed by atoms with van der Waals surface area (Å²) in [5, 5.41) is 4.33. The van der Waals surface area contributed by atoms with Gasteiger partial charge < -0.3 is 0 Å². The Hall–Kier alpha value is -1.23. The lowest BCUT2D eigenvalue weighted by Gasteiger charge is -2.01. The minimum absolute atomic E-state index is 0.155. The molecule has 16 heavy (non-hydrogen) atoms. The summed E-state index contributed by atoms with van der Waals surface area (Å²) in [5.41, 5.74) is 0.856. The van der Waals surface area contributed by atoms with Crippen molar-refractivity contribution in [3.63, 3.8) is 0 Å². The summed E-state index contributed by atoms with van der Waals surface area (Å²) < 4.78 is 26.3. The van der Waals surface area contributed by atoms with Crippen LogP contribution in [0.25, 0.3) is 5.65 Å². The van der Waals surface area contributed by atoms with Gasteiger partial charge in [-0.2, -0.15) is 5.10 Å². The molecule has 2 aromatic rings. The summed E-state index contributed by atoms with van der Waals surface area (Å²) in [6, 6.07) is 2.82. The molecule has 0 unspecified atom stereocenters. The van der Waals surface area contributed by atoms with Crippen molar-refractivity contribution in [2.45, 2.75) is 26.2 Å². The highest BCUT2D eigenvalue weighted by molar-refractivity contribution is 6.29. The van der Waals surface area contributed by atoms with Gasteiger partial charge in [-0.3, -0.25) is 0 Å². The summed E-state index contributed by atoms with van der Waals surface area (Å²) in [5.74, 6) is 0. The third-order valence-corrected chi connectivity index (χ3v) is 2.45. The SMILES string of the molecule is CCCc1cc2nc(C(F)F)cc(Cl)n2n1. The van der Waals surface area contributed by atoms with Crippen molar-refractivity contribution >= 4 is 17.2 Å². The molecule has 86 valence electrons. The van der Waals surface area contributed by atoms with E-state index in [4.69, 9.17) is 11.6 Å². The maximum absolute atomic E-state index is 12.5. The van der Waals surface area contributed by atoms with Crippen LogP contribution in [0.5, 0.6) is 0 Å². The average Bonchev–Trinajstić information content (AvgIpc) is 2.61. The van der Waals surface area contributed by atoms with E-state index in [1.807, 2.05) is 6.92 Å². The molecule has 3 nitrogen and oxygen atoms in total. The normalized spacial score (nSPS) is 11.6. The fourth-order valence-electron chi connectivity index (χ4n) is 1.49. The zero-order valence-corrected chi connectivity index (χ0v) is 9.38. The molecule has 0 atom stereocenters. The minimum atomic E-state index is -2.62. The second-order valence-electron chi connectivity index (χ2n) is 3.46. The molecule has 2 rings (SSSR count). The Balaban J connectivity index is 2.54. The first-order valence-electron chi connectivity index (χ1n) is 4.95. The molecule has 0 aromatic carbocycles. The number of halogens is 3. The summed E-state index contributed by atoms with van der Waals surface area (Å²) in [6.07, 6.45) is -0.903. The van der Waals surface area contributed by atoms with E-state index in [0.29, 0.717) is 5.65 Å². The van der Waals surface area contributed by atoms with Crippen LogP contribution >= 0.6 is 11.6 Å². The molecule has 0 aliphatic carbocycles. The summed E-state index contributed by atoms with van der Waals surface area (Å²) in [7, 11) is 0. The van der Waals surface area contributed by atoms with Crippen LogP contribution in [0.4, 0.5) is 8.78 Å². The van der Waals surface area contributed by atoms with Gasteiger partial charge in [-0.05, 0) is 6.42 Å². The Bertz CT molecular complexity index is 510. The molecule has 0 fully saturated rings. The van der Waals surface area contributed by atoms with Gasteiger partial charge in [-0.25, -0.2) is 18.3 Å². The third-order valence-electron chi connectivity index (χ3n) is 2.18. The van der Waals surface area contributed by atoms with Crippen molar-refractivity contribution in [2.75, 3.05) is 0 Å². The van der Waals surface area contributed by atoms with Gasteiger partial charge in [-0.1, -0.05) is 24.9 Å². The average molecular weight is 246 g/mol. The lowest BCUT2D eigenvalue weighted by atomic mass is 10.2. The molecule has 0 aliphatic rings. The molecule has 0 N–H and O–H groups in total. The van der Waals surface area contributed by atoms with Gasteiger partial charge in [-0.15, -0.1) is 0 Å². The van der Waals surface area contributed by atoms with E-state index in [9.17, 15) is 8.78 Å². The van der Waals surface area contributed by atoms with Crippen LogP contribution in [-0.4, -0.2) is 14.6 Å². The molecule has 0 amide bonds. The first-order valence-corrected chi connectivity index (χ1v) is 5.33. The molecular formula is C10H10ClF2N3. The second-order valence-corrected chi connectivity index (χ2v) is 3.85. The smallest absolute Gasteiger partial charge is 0.227 e. The summed E-state index contributed by atoms with van der Waals surface area (Å²) >= 11 is 5.85. The van der Waals surface area contributed by atoms with Crippen LogP contribution in [0.2, 0.25) is 5.15 Å². The highest BCUT2D eigenvalue weighted by Gasteiger charge is 2.13. The predicted molar refractivity (Wildman–Crippen MR) is 56.9 cm³/mol. The van der Waals surface area contributed by atoms with E-state index >= 15 is 0 Å². The largest absolute Gasteiger partial charge is 0.280 e. The van der Waals surface area contributed by atoms with Gasteiger partial charge in [0.1, 0.15) is 10.8 Å². The number of hydrogen-bond donors (Lipinski definition) is 0. The maximum Gasteiger partial charge on any atom is 0.280 e. The summed E-state index contributed by atoms with van der Waals surface area (Å²) in [4.78, 5) is 3.80. The van der Waals surface area contributed by atoms with Crippen LogP contribution in [0, 0.1) is 0 Å². The fourth-order valence-corrected chi connectivity index (χ4v) is 1.73. The molecule has 0 bridgehead atoms. The maximum atomic E-state index is 12.5. The topological polar surface area (TPSA) is 30.2 Å². The molecule has 0 spiro atoms. The molecule has 2 heterocycles. The van der Waals surface area contributed by atoms with E-state index < -0.39 is 6.43 Å². The van der Waals surface area contributed by atoms with Crippen LogP contribution in [0.1, 0.15) is 31.2 Å². The first kappa shape index (κ1) is 11.3. The Labute approximate surface area is 96.1 Å². The van der Waals surface area contributed by atoms with Gasteiger partial charge >= 0.3 is 0 Å². The zero-order chi connectivity index (χ0) is 11.7. The van der Waals surface area contributed by atoms with E-state index in [-0.39, 0.29) is 10.8 Å². The number of aryl methyl sites for hydroxylation is 1. The van der Waals surface area contributed by atoms with Crippen LogP contribution in [0.15, 0.2) is 12.1 Å². The molecule has 2 aromatic heterocycles. The lowest BCUT2D eigenvalue weighted by Crippen LogP contribution is -1.97. The molecular weight excluding hydrogens is 236 g/mol. The zero-order valence-electron chi connectivity index (χ0n) is 8.62. The van der Waals surface area contributed by atoms with Gasteiger partial charge in [0.15, 0.2) is 5.65 Å². The van der Waals surface area contributed by atoms with Crippen LogP contribution in [0.3, 0.4) is 0 Å². The Morgan fingerprint density at radius 2 is 2.19 bits per heavy atom. The van der Waals surface area contributed by atoms with E-state index in [0.717, 1.165) is 24.6 Å². The fraction of sp³-hybridized carbons (Fsp3) is 0.400. The first-order chi connectivity index (χ1) is 7.61. The van der Waals surface area contributed by atoms with Crippen molar-refractivity contribution < 1.29 is 8.78 Å². The van der Waals surface area contributed by atoms with Crippen LogP contribution in [-0.2, 0) is 6.42 Å². The lowest BCUT2D eigenvalue weighted by molar-refractivity contribution is 0.146. The predicted octanol–water partition coefficient (Wildman–Crippen LogP) is 3.27. The Morgan fingerprint density at radius 1 is 1.44 bits per heavy atom. The third kappa shape index (κ3) is 2.00. The number of fused-ring (bicyclic) bond motifs is 1. The molecule has 0 aliphatic heterocycles. The quantitative estimate of drug-likeness (QED) is 0.777. The monoisotopic (exact) mass is 245 g/mol. The van der Waals surface area contributed by atoms with Crippen molar-refractivity contribution in [2.24, 2.45) is 0 Å². The van der Waals surface area contributed by atoms with E-state index in [1.165, 1.54) is 4.52 Å². The Kier molecular flexibility index (Phi) is 3.05. The number of nitrogens with zero attached hydrogens (tertiary/aromatic N) is 3. The van der Waals surface area contributed by atoms with Gasteiger partial charge in [0.2, 0.25) is 0 Å². The second kappa shape index (κ2) is 4.33.